The van der Waals surface area contributed by atoms with Crippen molar-refractivity contribution in [3.63, 3.8) is 0 Å². The molecule has 0 atom stereocenters. The zero-order chi connectivity index (χ0) is 13.0. The number of nitriles is 1. The maximum Gasteiger partial charge on any atom is 0.224 e. The Balaban J connectivity index is 2.11. The molecule has 0 fully saturated rings. The number of nitrogens with one attached hydrogen (secondary N) is 1. The summed E-state index contributed by atoms with van der Waals surface area (Å²) in [4.78, 5) is 7.72. The minimum absolute atomic E-state index is 0.0402. The highest BCUT2D eigenvalue weighted by molar-refractivity contribution is 5.32. The van der Waals surface area contributed by atoms with E-state index in [4.69, 9.17) is 5.26 Å². The van der Waals surface area contributed by atoms with E-state index in [1.165, 1.54) is 12.3 Å². The van der Waals surface area contributed by atoms with Gasteiger partial charge < -0.3 is 5.32 Å². The molecular weight excluding hydrogens is 238 g/mol. The fourth-order valence-corrected chi connectivity index (χ4v) is 1.36. The molecule has 6 heteroatoms. The van der Waals surface area contributed by atoms with Crippen LogP contribution in [0.2, 0.25) is 0 Å². The Bertz CT molecular complexity index is 607. The summed E-state index contributed by atoms with van der Waals surface area (Å²) in [5.41, 5.74) is 0.369. The van der Waals surface area contributed by atoms with Gasteiger partial charge in [0, 0.05) is 18.3 Å². The minimum atomic E-state index is -0.514. The summed E-state index contributed by atoms with van der Waals surface area (Å²) in [6, 6.07) is 6.51. The number of rotatable bonds is 3. The van der Waals surface area contributed by atoms with Crippen molar-refractivity contribution in [3.8, 4) is 6.07 Å². The van der Waals surface area contributed by atoms with E-state index in [9.17, 15) is 8.78 Å². The minimum Gasteiger partial charge on any atom is -0.350 e. The zero-order valence-corrected chi connectivity index (χ0v) is 9.19. The van der Waals surface area contributed by atoms with E-state index in [1.54, 1.807) is 0 Å². The second-order valence-corrected chi connectivity index (χ2v) is 3.47. The summed E-state index contributed by atoms with van der Waals surface area (Å²) in [6.45, 7) is 0.0402. The van der Waals surface area contributed by atoms with E-state index < -0.39 is 11.6 Å². The quantitative estimate of drug-likeness (QED) is 0.902. The lowest BCUT2D eigenvalue weighted by molar-refractivity contribution is 0.587. The van der Waals surface area contributed by atoms with Gasteiger partial charge in [-0.15, -0.1) is 0 Å². The maximum absolute atomic E-state index is 13.3. The van der Waals surface area contributed by atoms with Crippen LogP contribution in [0.4, 0.5) is 14.7 Å². The number of nitrogens with zero attached hydrogens (tertiary/aromatic N) is 3. The Morgan fingerprint density at radius 2 is 2.11 bits per heavy atom. The predicted octanol–water partition coefficient (Wildman–Crippen LogP) is 2.24. The van der Waals surface area contributed by atoms with E-state index >= 15 is 0 Å². The third kappa shape index (κ3) is 2.77. The molecule has 2 aromatic rings. The Hall–Kier alpha value is -2.55. The summed E-state index contributed by atoms with van der Waals surface area (Å²) in [5.74, 6) is -0.835. The van der Waals surface area contributed by atoms with Crippen LogP contribution in [0.5, 0.6) is 0 Å². The lowest BCUT2D eigenvalue weighted by Crippen LogP contribution is -2.06. The van der Waals surface area contributed by atoms with Crippen LogP contribution in [0.1, 0.15) is 11.3 Å². The molecule has 90 valence electrons. The Labute approximate surface area is 102 Å². The molecule has 0 spiro atoms. The topological polar surface area (TPSA) is 61.6 Å². The number of anilines is 1. The van der Waals surface area contributed by atoms with Gasteiger partial charge >= 0.3 is 0 Å². The average molecular weight is 246 g/mol. The zero-order valence-electron chi connectivity index (χ0n) is 9.19. The molecule has 0 bridgehead atoms. The van der Waals surface area contributed by atoms with Crippen molar-refractivity contribution in [1.82, 2.24) is 9.97 Å². The summed E-state index contributed by atoms with van der Waals surface area (Å²) >= 11 is 0. The van der Waals surface area contributed by atoms with Crippen LogP contribution < -0.4 is 5.32 Å². The van der Waals surface area contributed by atoms with Gasteiger partial charge in [0.25, 0.3) is 0 Å². The van der Waals surface area contributed by atoms with Crippen LogP contribution in [-0.2, 0) is 6.54 Å². The Morgan fingerprint density at radius 3 is 2.89 bits per heavy atom. The Kier molecular flexibility index (Phi) is 3.44. The van der Waals surface area contributed by atoms with Gasteiger partial charge in [0.2, 0.25) is 5.95 Å². The molecule has 0 aliphatic heterocycles. The summed E-state index contributed by atoms with van der Waals surface area (Å²) in [6.07, 6.45) is 1.41. The summed E-state index contributed by atoms with van der Waals surface area (Å²) in [7, 11) is 0. The first-order valence-corrected chi connectivity index (χ1v) is 5.10. The first kappa shape index (κ1) is 11.9. The maximum atomic E-state index is 13.3. The number of aromatic nitrogens is 2. The molecule has 0 aliphatic carbocycles. The lowest BCUT2D eigenvalue weighted by atomic mass is 10.2. The molecule has 4 nitrogen and oxygen atoms in total. The highest BCUT2D eigenvalue weighted by Gasteiger charge is 2.05. The number of hydrogen-bond donors (Lipinski definition) is 1. The highest BCUT2D eigenvalue weighted by Crippen LogP contribution is 2.11. The van der Waals surface area contributed by atoms with E-state index in [0.717, 1.165) is 18.2 Å². The van der Waals surface area contributed by atoms with Crippen molar-refractivity contribution in [1.29, 1.82) is 5.26 Å². The number of benzene rings is 1. The second kappa shape index (κ2) is 5.19. The van der Waals surface area contributed by atoms with Crippen LogP contribution in [0, 0.1) is 23.0 Å². The van der Waals surface area contributed by atoms with Gasteiger partial charge in [0.05, 0.1) is 0 Å². The van der Waals surface area contributed by atoms with Crippen molar-refractivity contribution in [3.05, 3.63) is 53.4 Å². The predicted molar refractivity (Wildman–Crippen MR) is 60.4 cm³/mol. The molecule has 0 saturated heterocycles. The second-order valence-electron chi connectivity index (χ2n) is 3.47. The van der Waals surface area contributed by atoms with Gasteiger partial charge in [-0.25, -0.2) is 18.7 Å². The van der Waals surface area contributed by atoms with Crippen molar-refractivity contribution < 1.29 is 8.78 Å². The molecule has 1 aromatic carbocycles. The van der Waals surface area contributed by atoms with Gasteiger partial charge in [-0.2, -0.15) is 5.26 Å². The van der Waals surface area contributed by atoms with Crippen molar-refractivity contribution in [2.75, 3.05) is 5.32 Å². The van der Waals surface area contributed by atoms with Crippen LogP contribution in [0.15, 0.2) is 30.5 Å². The Morgan fingerprint density at radius 1 is 1.28 bits per heavy atom. The molecule has 1 aromatic heterocycles. The molecule has 1 heterocycles. The molecule has 18 heavy (non-hydrogen) atoms. The molecular formula is C12H8F2N4. The highest BCUT2D eigenvalue weighted by atomic mass is 19.1. The average Bonchev–Trinajstić information content (AvgIpc) is 2.40. The normalized spacial score (nSPS) is 9.83. The van der Waals surface area contributed by atoms with Crippen LogP contribution in [-0.4, -0.2) is 9.97 Å². The van der Waals surface area contributed by atoms with Crippen LogP contribution >= 0.6 is 0 Å². The SMILES string of the molecule is N#Cc1ccnc(NCc2cc(F)ccc2F)n1. The van der Waals surface area contributed by atoms with Crippen molar-refractivity contribution in [2.24, 2.45) is 0 Å². The first-order chi connectivity index (χ1) is 8.69. The fraction of sp³-hybridized carbons (Fsp3) is 0.0833. The fourth-order valence-electron chi connectivity index (χ4n) is 1.36. The van der Waals surface area contributed by atoms with Gasteiger partial charge in [0.15, 0.2) is 0 Å². The van der Waals surface area contributed by atoms with Gasteiger partial charge in [-0.05, 0) is 24.3 Å². The van der Waals surface area contributed by atoms with Crippen LogP contribution in [0.3, 0.4) is 0 Å². The third-order valence-electron chi connectivity index (χ3n) is 2.21. The smallest absolute Gasteiger partial charge is 0.224 e. The molecule has 0 unspecified atom stereocenters. The largest absolute Gasteiger partial charge is 0.350 e. The van der Waals surface area contributed by atoms with Crippen molar-refractivity contribution in [2.45, 2.75) is 6.54 Å². The molecule has 0 saturated carbocycles. The monoisotopic (exact) mass is 246 g/mol. The first-order valence-electron chi connectivity index (χ1n) is 5.10. The van der Waals surface area contributed by atoms with E-state index in [-0.39, 0.29) is 23.8 Å². The molecule has 2 rings (SSSR count). The molecule has 1 N–H and O–H groups in total. The summed E-state index contributed by atoms with van der Waals surface area (Å²) in [5, 5.41) is 11.4. The number of hydrogen-bond acceptors (Lipinski definition) is 4. The summed E-state index contributed by atoms with van der Waals surface area (Å²) < 4.78 is 26.2. The third-order valence-corrected chi connectivity index (χ3v) is 2.21. The van der Waals surface area contributed by atoms with Gasteiger partial charge in [-0.1, -0.05) is 0 Å². The van der Waals surface area contributed by atoms with Crippen LogP contribution in [0.25, 0.3) is 0 Å². The van der Waals surface area contributed by atoms with Crippen molar-refractivity contribution >= 4 is 5.95 Å². The standard InChI is InChI=1S/C12H8F2N4/c13-9-1-2-11(14)8(5-9)7-17-12-16-4-3-10(6-15)18-12/h1-5H,7H2,(H,16,17,18). The van der Waals surface area contributed by atoms with E-state index in [0.29, 0.717) is 0 Å². The number of halogens is 2. The van der Waals surface area contributed by atoms with Gasteiger partial charge in [0.1, 0.15) is 23.4 Å². The van der Waals surface area contributed by atoms with E-state index in [1.807, 2.05) is 6.07 Å². The molecule has 0 radical (unpaired) electrons. The van der Waals surface area contributed by atoms with Gasteiger partial charge in [-0.3, -0.25) is 0 Å². The molecule has 0 aliphatic rings. The molecule has 0 amide bonds. The lowest BCUT2D eigenvalue weighted by Gasteiger charge is -2.05. The van der Waals surface area contributed by atoms with E-state index in [2.05, 4.69) is 15.3 Å².